The minimum absolute atomic E-state index is 0.300. The van der Waals surface area contributed by atoms with Crippen LogP contribution in [0.25, 0.3) is 16.6 Å². The zero-order chi connectivity index (χ0) is 20.0. The summed E-state index contributed by atoms with van der Waals surface area (Å²) < 4.78 is 9.24. The van der Waals surface area contributed by atoms with Gasteiger partial charge in [-0.2, -0.15) is 4.52 Å². The molecule has 1 aliphatic rings. The Labute approximate surface area is 167 Å². The third-order valence-electron chi connectivity index (χ3n) is 5.43. The summed E-state index contributed by atoms with van der Waals surface area (Å²) in [6.07, 6.45) is 1.63. The second-order valence-electron chi connectivity index (χ2n) is 7.15. The lowest BCUT2D eigenvalue weighted by Crippen LogP contribution is -2.35. The van der Waals surface area contributed by atoms with E-state index in [1.54, 1.807) is 11.6 Å². The van der Waals surface area contributed by atoms with Crippen LogP contribution in [0.2, 0.25) is 0 Å². The lowest BCUT2D eigenvalue weighted by atomic mass is 10.2. The molecule has 4 aromatic rings. The van der Waals surface area contributed by atoms with Crippen LogP contribution in [0.5, 0.6) is 5.75 Å². The Hall–Kier alpha value is -3.27. The first-order chi connectivity index (χ1) is 14.2. The van der Waals surface area contributed by atoms with Gasteiger partial charge in [-0.25, -0.2) is 9.97 Å². The van der Waals surface area contributed by atoms with Gasteiger partial charge in [-0.3, -0.25) is 4.90 Å². The second-order valence-corrected chi connectivity index (χ2v) is 7.15. The maximum Gasteiger partial charge on any atom is 0.223 e. The number of para-hydroxylation sites is 1. The Morgan fingerprint density at radius 2 is 2.07 bits per heavy atom. The molecule has 0 saturated heterocycles. The van der Waals surface area contributed by atoms with Crippen LogP contribution in [0, 0.1) is 0 Å². The van der Waals surface area contributed by atoms with Crippen molar-refractivity contribution >= 4 is 22.5 Å². The Morgan fingerprint density at radius 1 is 1.17 bits per heavy atom. The Kier molecular flexibility index (Phi) is 4.27. The number of fused-ring (bicyclic) bond motifs is 4. The van der Waals surface area contributed by atoms with E-state index in [1.807, 2.05) is 18.2 Å². The van der Waals surface area contributed by atoms with Crippen LogP contribution < -0.4 is 10.5 Å². The monoisotopic (exact) mass is 393 g/mol. The van der Waals surface area contributed by atoms with Gasteiger partial charge in [0.1, 0.15) is 22.9 Å². The van der Waals surface area contributed by atoms with Crippen molar-refractivity contribution in [2.75, 3.05) is 25.9 Å². The smallest absolute Gasteiger partial charge is 0.223 e. The van der Waals surface area contributed by atoms with Crippen LogP contribution in [0.15, 0.2) is 18.2 Å². The molecule has 1 aliphatic heterocycles. The highest BCUT2D eigenvalue weighted by Crippen LogP contribution is 2.27. The van der Waals surface area contributed by atoms with E-state index >= 15 is 0 Å². The number of hydrogen-bond donors (Lipinski definition) is 1. The first-order valence-corrected chi connectivity index (χ1v) is 9.79. The van der Waals surface area contributed by atoms with E-state index in [2.05, 4.69) is 36.7 Å². The molecule has 0 atom stereocenters. The second kappa shape index (κ2) is 6.96. The number of ether oxygens (including phenoxy) is 1. The molecule has 0 saturated carbocycles. The van der Waals surface area contributed by atoms with Crippen LogP contribution in [-0.2, 0) is 25.9 Å². The van der Waals surface area contributed by atoms with Crippen molar-refractivity contribution in [1.82, 2.24) is 39.2 Å². The standard InChI is InChI=1S/C19H23N9O/c1-3-15-23-24-16-11-26(9-10-27(15)16)8-7-14-21-18-12-5-4-6-13(29-2)17(12)22-19(20)28(18)25-14/h4-6H,3,7-11H2,1-2H3,(H2,20,22). The molecule has 3 aromatic heterocycles. The maximum atomic E-state index is 6.13. The number of nitrogens with two attached hydrogens (primary N) is 1. The summed E-state index contributed by atoms with van der Waals surface area (Å²) >= 11 is 0. The molecule has 0 unspecified atom stereocenters. The molecule has 2 N–H and O–H groups in total. The minimum Gasteiger partial charge on any atom is -0.494 e. The zero-order valence-corrected chi connectivity index (χ0v) is 16.5. The number of aryl methyl sites for hydroxylation is 1. The van der Waals surface area contributed by atoms with Crippen LogP contribution in [0.3, 0.4) is 0 Å². The van der Waals surface area contributed by atoms with Crippen LogP contribution in [0.4, 0.5) is 5.95 Å². The predicted molar refractivity (Wildman–Crippen MR) is 108 cm³/mol. The van der Waals surface area contributed by atoms with E-state index in [9.17, 15) is 0 Å². The molecule has 0 bridgehead atoms. The van der Waals surface area contributed by atoms with Crippen LogP contribution in [0.1, 0.15) is 24.4 Å². The average Bonchev–Trinajstić information content (AvgIpc) is 3.36. The SMILES string of the molecule is CCc1nnc2n1CCN(CCc1nc3c4cccc(OC)c4nc(N)n3n1)C2. The topological polar surface area (TPSA) is 112 Å². The van der Waals surface area contributed by atoms with Gasteiger partial charge in [0.25, 0.3) is 0 Å². The van der Waals surface area contributed by atoms with Crippen molar-refractivity contribution < 1.29 is 4.74 Å². The van der Waals surface area contributed by atoms with E-state index in [1.165, 1.54) is 0 Å². The third-order valence-corrected chi connectivity index (χ3v) is 5.43. The Balaban J connectivity index is 1.39. The Morgan fingerprint density at radius 3 is 2.90 bits per heavy atom. The number of nitrogens with zero attached hydrogens (tertiary/aromatic N) is 8. The van der Waals surface area contributed by atoms with Gasteiger partial charge in [-0.15, -0.1) is 15.3 Å². The highest BCUT2D eigenvalue weighted by atomic mass is 16.5. The fraction of sp³-hybridized carbons (Fsp3) is 0.421. The summed E-state index contributed by atoms with van der Waals surface area (Å²) in [7, 11) is 1.62. The third kappa shape index (κ3) is 2.96. The molecule has 0 aliphatic carbocycles. The van der Waals surface area contributed by atoms with Gasteiger partial charge in [0.15, 0.2) is 11.5 Å². The molecular weight excluding hydrogens is 370 g/mol. The van der Waals surface area contributed by atoms with Gasteiger partial charge in [0.05, 0.1) is 13.7 Å². The number of methoxy groups -OCH3 is 1. The quantitative estimate of drug-likeness (QED) is 0.536. The van der Waals surface area contributed by atoms with Crippen molar-refractivity contribution in [2.45, 2.75) is 32.9 Å². The van der Waals surface area contributed by atoms with Gasteiger partial charge < -0.3 is 15.0 Å². The molecule has 10 heteroatoms. The van der Waals surface area contributed by atoms with Gasteiger partial charge in [0.2, 0.25) is 5.95 Å². The summed E-state index contributed by atoms with van der Waals surface area (Å²) in [6, 6.07) is 5.74. The number of nitrogen functional groups attached to an aromatic ring is 1. The lowest BCUT2D eigenvalue weighted by Gasteiger charge is -2.27. The number of rotatable bonds is 5. The molecule has 0 spiro atoms. The lowest BCUT2D eigenvalue weighted by molar-refractivity contribution is 0.217. The molecule has 0 radical (unpaired) electrons. The minimum atomic E-state index is 0.300. The van der Waals surface area contributed by atoms with Gasteiger partial charge in [-0.05, 0) is 12.1 Å². The summed E-state index contributed by atoms with van der Waals surface area (Å²) in [4.78, 5) is 11.6. The predicted octanol–water partition coefficient (Wildman–Crippen LogP) is 1.08. The normalized spacial score (nSPS) is 14.6. The average molecular weight is 393 g/mol. The number of benzene rings is 1. The summed E-state index contributed by atoms with van der Waals surface area (Å²) in [5.74, 6) is 3.81. The number of hydrogen-bond acceptors (Lipinski definition) is 8. The highest BCUT2D eigenvalue weighted by Gasteiger charge is 2.21. The molecule has 5 rings (SSSR count). The van der Waals surface area contributed by atoms with Crippen LogP contribution in [-0.4, -0.2) is 59.4 Å². The van der Waals surface area contributed by atoms with E-state index in [-0.39, 0.29) is 0 Å². The first-order valence-electron chi connectivity index (χ1n) is 9.79. The highest BCUT2D eigenvalue weighted by molar-refractivity contribution is 5.95. The van der Waals surface area contributed by atoms with Gasteiger partial charge >= 0.3 is 0 Å². The van der Waals surface area contributed by atoms with Crippen LogP contribution >= 0.6 is 0 Å². The zero-order valence-electron chi connectivity index (χ0n) is 16.5. The number of anilines is 1. The fourth-order valence-corrected chi connectivity index (χ4v) is 3.92. The molecule has 10 nitrogen and oxygen atoms in total. The molecule has 0 fully saturated rings. The van der Waals surface area contributed by atoms with E-state index < -0.39 is 0 Å². The summed E-state index contributed by atoms with van der Waals surface area (Å²) in [5, 5.41) is 14.1. The fourth-order valence-electron chi connectivity index (χ4n) is 3.92. The van der Waals surface area contributed by atoms with Crippen molar-refractivity contribution in [3.63, 3.8) is 0 Å². The van der Waals surface area contributed by atoms with Crippen molar-refractivity contribution in [2.24, 2.45) is 0 Å². The number of aromatic nitrogens is 7. The largest absolute Gasteiger partial charge is 0.494 e. The van der Waals surface area contributed by atoms with E-state index in [0.29, 0.717) is 22.9 Å². The first kappa shape index (κ1) is 17.8. The van der Waals surface area contributed by atoms with Crippen molar-refractivity contribution in [3.8, 4) is 5.75 Å². The summed E-state index contributed by atoms with van der Waals surface area (Å²) in [5.41, 5.74) is 7.53. The van der Waals surface area contributed by atoms with Crippen molar-refractivity contribution in [3.05, 3.63) is 35.7 Å². The molecule has 4 heterocycles. The van der Waals surface area contributed by atoms with E-state index in [4.69, 9.17) is 15.5 Å². The van der Waals surface area contributed by atoms with Gasteiger partial charge in [0, 0.05) is 37.9 Å². The molecule has 1 aromatic carbocycles. The molecule has 150 valence electrons. The Bertz CT molecular complexity index is 1200. The molecule has 0 amide bonds. The molecule has 29 heavy (non-hydrogen) atoms. The van der Waals surface area contributed by atoms with Gasteiger partial charge in [-0.1, -0.05) is 13.0 Å². The maximum absolute atomic E-state index is 6.13. The van der Waals surface area contributed by atoms with Crippen molar-refractivity contribution in [1.29, 1.82) is 0 Å². The van der Waals surface area contributed by atoms with E-state index in [0.717, 1.165) is 61.9 Å². The summed E-state index contributed by atoms with van der Waals surface area (Å²) in [6.45, 7) is 5.64. The molecular formula is C19H23N9O.